The third kappa shape index (κ3) is 3.48. The van der Waals surface area contributed by atoms with Crippen LogP contribution in [0.2, 0.25) is 0 Å². The highest BCUT2D eigenvalue weighted by Gasteiger charge is 2.20. The molecule has 0 saturated carbocycles. The predicted molar refractivity (Wildman–Crippen MR) is 85.8 cm³/mol. The average Bonchev–Trinajstić information content (AvgIpc) is 3.22. The van der Waals surface area contributed by atoms with E-state index in [1.54, 1.807) is 7.11 Å². The Morgan fingerprint density at radius 3 is 2.61 bits per heavy atom. The van der Waals surface area contributed by atoms with Crippen molar-refractivity contribution in [3.63, 3.8) is 0 Å². The van der Waals surface area contributed by atoms with E-state index in [2.05, 4.69) is 41.2 Å². The molecule has 3 rings (SSSR count). The Morgan fingerprint density at radius 2 is 1.96 bits per heavy atom. The van der Waals surface area contributed by atoms with Crippen LogP contribution < -0.4 is 0 Å². The molecule has 3 aromatic rings. The highest BCUT2D eigenvalue weighted by Crippen LogP contribution is 2.23. The van der Waals surface area contributed by atoms with E-state index in [1.807, 2.05) is 35.1 Å². The third-order valence-corrected chi connectivity index (χ3v) is 3.63. The van der Waals surface area contributed by atoms with Gasteiger partial charge in [0.1, 0.15) is 6.10 Å². The summed E-state index contributed by atoms with van der Waals surface area (Å²) in [7, 11) is 1.65. The Balaban J connectivity index is 1.79. The first-order valence-corrected chi connectivity index (χ1v) is 7.63. The number of hydrogen-bond donors (Lipinski definition) is 0. The zero-order valence-corrected chi connectivity index (χ0v) is 13.5. The molecule has 0 bridgehead atoms. The molecule has 1 unspecified atom stereocenters. The van der Waals surface area contributed by atoms with Gasteiger partial charge in [-0.1, -0.05) is 35.5 Å². The van der Waals surface area contributed by atoms with E-state index in [0.717, 1.165) is 5.56 Å². The molecule has 1 aromatic carbocycles. The molecule has 6 heteroatoms. The highest BCUT2D eigenvalue weighted by molar-refractivity contribution is 5.45. The average molecular weight is 312 g/mol. The van der Waals surface area contributed by atoms with E-state index >= 15 is 0 Å². The molecule has 0 aliphatic carbocycles. The Kier molecular flexibility index (Phi) is 4.52. The number of benzene rings is 1. The number of hydrogen-bond acceptors (Lipinski definition) is 5. The van der Waals surface area contributed by atoms with Gasteiger partial charge in [0.2, 0.25) is 5.82 Å². The minimum absolute atomic E-state index is 0.248. The smallest absolute Gasteiger partial charge is 0.278 e. The molecule has 0 aliphatic rings. The van der Waals surface area contributed by atoms with Gasteiger partial charge in [0.25, 0.3) is 5.89 Å². The second-order valence-electron chi connectivity index (χ2n) is 5.65. The van der Waals surface area contributed by atoms with Crippen molar-refractivity contribution in [2.24, 2.45) is 0 Å². The molecule has 0 saturated heterocycles. The Morgan fingerprint density at radius 1 is 1.17 bits per heavy atom. The summed E-state index contributed by atoms with van der Waals surface area (Å²) in [5, 5.41) is 8.50. The van der Waals surface area contributed by atoms with Crippen molar-refractivity contribution >= 4 is 0 Å². The van der Waals surface area contributed by atoms with E-state index in [-0.39, 0.29) is 12.1 Å². The Hall–Kier alpha value is -2.47. The molecule has 23 heavy (non-hydrogen) atoms. The minimum Gasteiger partial charge on any atom is -0.373 e. The maximum Gasteiger partial charge on any atom is 0.278 e. The van der Waals surface area contributed by atoms with Gasteiger partial charge in [-0.2, -0.15) is 10.1 Å². The van der Waals surface area contributed by atoms with Crippen molar-refractivity contribution in [2.45, 2.75) is 32.4 Å². The van der Waals surface area contributed by atoms with Crippen LogP contribution in [-0.2, 0) is 11.2 Å². The molecule has 0 N–H and O–H groups in total. The second-order valence-corrected chi connectivity index (χ2v) is 5.65. The van der Waals surface area contributed by atoms with Crippen LogP contribution in [0.5, 0.6) is 0 Å². The van der Waals surface area contributed by atoms with Crippen LogP contribution >= 0.6 is 0 Å². The van der Waals surface area contributed by atoms with Crippen LogP contribution in [0.25, 0.3) is 11.6 Å². The van der Waals surface area contributed by atoms with E-state index < -0.39 is 0 Å². The molecule has 0 fully saturated rings. The fraction of sp³-hybridized carbons (Fsp3) is 0.353. The van der Waals surface area contributed by atoms with Gasteiger partial charge in [0, 0.05) is 25.8 Å². The summed E-state index contributed by atoms with van der Waals surface area (Å²) < 4.78 is 12.7. The maximum atomic E-state index is 5.52. The molecular formula is C17H20N4O2. The summed E-state index contributed by atoms with van der Waals surface area (Å²) in [5.74, 6) is 0.944. The van der Waals surface area contributed by atoms with Gasteiger partial charge in [0.05, 0.1) is 0 Å². The fourth-order valence-electron chi connectivity index (χ4n) is 2.32. The second kappa shape index (κ2) is 6.75. The molecule has 1 atom stereocenters. The third-order valence-electron chi connectivity index (χ3n) is 3.63. The number of rotatable bonds is 6. The lowest BCUT2D eigenvalue weighted by atomic mass is 10.1. The van der Waals surface area contributed by atoms with E-state index in [1.165, 1.54) is 0 Å². The summed E-state index contributed by atoms with van der Waals surface area (Å²) >= 11 is 0. The van der Waals surface area contributed by atoms with Gasteiger partial charge in [-0.05, 0) is 25.5 Å². The fourth-order valence-corrected chi connectivity index (χ4v) is 2.32. The number of methoxy groups -OCH3 is 1. The van der Waals surface area contributed by atoms with Crippen molar-refractivity contribution < 1.29 is 9.26 Å². The molecular weight excluding hydrogens is 292 g/mol. The lowest BCUT2D eigenvalue weighted by molar-refractivity contribution is 0.0938. The van der Waals surface area contributed by atoms with Crippen LogP contribution in [-0.4, -0.2) is 27.0 Å². The summed E-state index contributed by atoms with van der Waals surface area (Å²) in [4.78, 5) is 4.44. The summed E-state index contributed by atoms with van der Waals surface area (Å²) in [6, 6.07) is 12.3. The van der Waals surface area contributed by atoms with Crippen LogP contribution in [0.15, 0.2) is 47.1 Å². The van der Waals surface area contributed by atoms with E-state index in [4.69, 9.17) is 9.26 Å². The zero-order chi connectivity index (χ0) is 16.2. The minimum atomic E-state index is -0.248. The molecule has 2 aromatic heterocycles. The monoisotopic (exact) mass is 312 g/mol. The van der Waals surface area contributed by atoms with Gasteiger partial charge >= 0.3 is 0 Å². The van der Waals surface area contributed by atoms with Gasteiger partial charge in [0.15, 0.2) is 5.69 Å². The van der Waals surface area contributed by atoms with Gasteiger partial charge in [-0.3, -0.25) is 4.68 Å². The van der Waals surface area contributed by atoms with Gasteiger partial charge in [-0.15, -0.1) is 0 Å². The molecule has 120 valence electrons. The van der Waals surface area contributed by atoms with Crippen LogP contribution in [0.3, 0.4) is 0 Å². The lowest BCUT2D eigenvalue weighted by Gasteiger charge is -2.10. The Labute approximate surface area is 135 Å². The zero-order valence-electron chi connectivity index (χ0n) is 13.5. The standard InChI is InChI=1S/C17H20N4O2/c1-12(2)21-10-9-14(19-21)17-18-16(20-23-17)15(22-3)11-13-7-5-4-6-8-13/h4-10,12,15H,11H2,1-3H3. The summed E-state index contributed by atoms with van der Waals surface area (Å²) in [6.07, 6.45) is 2.35. The molecule has 0 amide bonds. The van der Waals surface area contributed by atoms with Crippen molar-refractivity contribution in [3.05, 3.63) is 54.0 Å². The molecule has 0 spiro atoms. The number of aromatic nitrogens is 4. The van der Waals surface area contributed by atoms with Crippen molar-refractivity contribution in [2.75, 3.05) is 7.11 Å². The number of nitrogens with zero attached hydrogens (tertiary/aromatic N) is 4. The molecule has 0 radical (unpaired) electrons. The lowest BCUT2D eigenvalue weighted by Crippen LogP contribution is -2.07. The molecule has 6 nitrogen and oxygen atoms in total. The molecule has 2 heterocycles. The topological polar surface area (TPSA) is 66.0 Å². The normalized spacial score (nSPS) is 12.7. The van der Waals surface area contributed by atoms with E-state index in [0.29, 0.717) is 23.8 Å². The highest BCUT2D eigenvalue weighted by atomic mass is 16.5. The van der Waals surface area contributed by atoms with Crippen LogP contribution in [0.1, 0.15) is 37.4 Å². The predicted octanol–water partition coefficient (Wildman–Crippen LogP) is 3.44. The van der Waals surface area contributed by atoms with Crippen molar-refractivity contribution in [1.82, 2.24) is 19.9 Å². The first kappa shape index (κ1) is 15.4. The first-order chi connectivity index (χ1) is 11.2. The first-order valence-electron chi connectivity index (χ1n) is 7.63. The van der Waals surface area contributed by atoms with Gasteiger partial charge in [-0.25, -0.2) is 0 Å². The SMILES string of the molecule is COC(Cc1ccccc1)c1noc(-c2ccn(C(C)C)n2)n1. The summed E-state index contributed by atoms with van der Waals surface area (Å²) in [5.41, 5.74) is 1.83. The largest absolute Gasteiger partial charge is 0.373 e. The van der Waals surface area contributed by atoms with Crippen LogP contribution in [0, 0.1) is 0 Å². The maximum absolute atomic E-state index is 5.52. The van der Waals surface area contributed by atoms with Gasteiger partial charge < -0.3 is 9.26 Å². The van der Waals surface area contributed by atoms with Crippen molar-refractivity contribution in [1.29, 1.82) is 0 Å². The Bertz CT molecular complexity index is 749. The van der Waals surface area contributed by atoms with Crippen molar-refractivity contribution in [3.8, 4) is 11.6 Å². The number of ether oxygens (including phenoxy) is 1. The molecule has 0 aliphatic heterocycles. The summed E-state index contributed by atoms with van der Waals surface area (Å²) in [6.45, 7) is 4.13. The van der Waals surface area contributed by atoms with E-state index in [9.17, 15) is 0 Å². The quantitative estimate of drug-likeness (QED) is 0.697. The van der Waals surface area contributed by atoms with Crippen LogP contribution in [0.4, 0.5) is 0 Å².